The number of aryl methyl sites for hydroxylation is 1. The molecule has 1 aliphatic rings. The predicted molar refractivity (Wildman–Crippen MR) is 131 cm³/mol. The van der Waals surface area contributed by atoms with Crippen LogP contribution in [0.5, 0.6) is 5.75 Å². The molecule has 1 aliphatic heterocycles. The Bertz CT molecular complexity index is 1510. The molecule has 4 aromatic rings. The molecule has 2 heterocycles. The predicted octanol–water partition coefficient (Wildman–Crippen LogP) is 4.23. The lowest BCUT2D eigenvalue weighted by Gasteiger charge is -2.22. The molecule has 0 saturated heterocycles. The highest BCUT2D eigenvalue weighted by molar-refractivity contribution is 7.90. The van der Waals surface area contributed by atoms with Crippen molar-refractivity contribution < 1.29 is 17.9 Å². The van der Waals surface area contributed by atoms with Gasteiger partial charge >= 0.3 is 0 Å². The number of carbonyl (C=O) groups excluding carboxylic acids is 1. The molecule has 5 rings (SSSR count). The minimum Gasteiger partial charge on any atom is -0.491 e. The number of rotatable bonds is 4. The second-order valence-corrected chi connectivity index (χ2v) is 10.5. The highest BCUT2D eigenvalue weighted by Crippen LogP contribution is 2.31. The maximum Gasteiger partial charge on any atom is 0.254 e. The lowest BCUT2D eigenvalue weighted by molar-refractivity contribution is 0.0732. The van der Waals surface area contributed by atoms with Crippen LogP contribution in [0.2, 0.25) is 0 Å². The minimum atomic E-state index is -3.34. The van der Waals surface area contributed by atoms with Gasteiger partial charge in [0.15, 0.2) is 9.84 Å². The number of ether oxygens (including phenoxy) is 1. The van der Waals surface area contributed by atoms with E-state index >= 15 is 0 Å². The molecule has 0 bridgehead atoms. The van der Waals surface area contributed by atoms with Crippen LogP contribution in [-0.4, -0.2) is 48.8 Å². The second kappa shape index (κ2) is 8.61. The molecule has 0 unspecified atom stereocenters. The molecule has 34 heavy (non-hydrogen) atoms. The Morgan fingerprint density at radius 2 is 1.88 bits per heavy atom. The Morgan fingerprint density at radius 1 is 1.09 bits per heavy atom. The summed E-state index contributed by atoms with van der Waals surface area (Å²) in [5, 5.41) is 8.14. The summed E-state index contributed by atoms with van der Waals surface area (Å²) in [5.74, 6) is 0.641. The summed E-state index contributed by atoms with van der Waals surface area (Å²) in [6.07, 6.45) is 3.53. The lowest BCUT2D eigenvalue weighted by atomic mass is 10.0. The quantitative estimate of drug-likeness (QED) is 0.477. The van der Waals surface area contributed by atoms with Gasteiger partial charge in [0.05, 0.1) is 23.2 Å². The van der Waals surface area contributed by atoms with E-state index in [2.05, 4.69) is 28.4 Å². The fourth-order valence-corrected chi connectivity index (χ4v) is 5.01. The number of fused-ring (bicyclic) bond motifs is 2. The summed E-state index contributed by atoms with van der Waals surface area (Å²) >= 11 is 0. The van der Waals surface area contributed by atoms with E-state index in [0.717, 1.165) is 38.9 Å². The minimum absolute atomic E-state index is 0.127. The number of benzene rings is 3. The zero-order valence-electron chi connectivity index (χ0n) is 19.0. The molecular weight excluding hydrogens is 450 g/mol. The van der Waals surface area contributed by atoms with Crippen molar-refractivity contribution in [3.63, 3.8) is 0 Å². The molecule has 1 aromatic heterocycles. The molecule has 0 saturated carbocycles. The number of amides is 1. The highest BCUT2D eigenvalue weighted by Gasteiger charge is 2.24. The average Bonchev–Trinajstić information content (AvgIpc) is 3.20. The lowest BCUT2D eigenvalue weighted by Crippen LogP contribution is -2.33. The summed E-state index contributed by atoms with van der Waals surface area (Å²) < 4.78 is 29.9. The normalized spacial score (nSPS) is 13.9. The third kappa shape index (κ3) is 4.17. The van der Waals surface area contributed by atoms with Crippen molar-refractivity contribution in [1.82, 2.24) is 15.1 Å². The van der Waals surface area contributed by atoms with Crippen LogP contribution in [-0.2, 0) is 22.8 Å². The summed E-state index contributed by atoms with van der Waals surface area (Å²) in [4.78, 5) is 15.5. The van der Waals surface area contributed by atoms with E-state index in [1.807, 2.05) is 25.1 Å². The number of aromatic amines is 1. The van der Waals surface area contributed by atoms with E-state index in [4.69, 9.17) is 4.74 Å². The summed E-state index contributed by atoms with van der Waals surface area (Å²) in [7, 11) is -3.34. The van der Waals surface area contributed by atoms with Gasteiger partial charge in [-0.1, -0.05) is 25.1 Å². The third-order valence-corrected chi connectivity index (χ3v) is 7.33. The van der Waals surface area contributed by atoms with Gasteiger partial charge in [0.1, 0.15) is 12.4 Å². The molecule has 1 amide bonds. The van der Waals surface area contributed by atoms with Gasteiger partial charge in [-0.3, -0.25) is 9.89 Å². The van der Waals surface area contributed by atoms with Crippen LogP contribution in [0.25, 0.3) is 22.0 Å². The van der Waals surface area contributed by atoms with Gasteiger partial charge in [-0.2, -0.15) is 5.10 Å². The van der Waals surface area contributed by atoms with Crippen LogP contribution in [0.1, 0.15) is 28.4 Å². The topological polar surface area (TPSA) is 92.4 Å². The number of hydrogen-bond acceptors (Lipinski definition) is 5. The largest absolute Gasteiger partial charge is 0.491 e. The van der Waals surface area contributed by atoms with Crippen LogP contribution >= 0.6 is 0 Å². The van der Waals surface area contributed by atoms with Crippen LogP contribution in [0.3, 0.4) is 0 Å². The Kier molecular flexibility index (Phi) is 5.61. The monoisotopic (exact) mass is 475 g/mol. The molecule has 7 nitrogen and oxygen atoms in total. The van der Waals surface area contributed by atoms with E-state index in [1.54, 1.807) is 23.2 Å². The third-order valence-electron chi connectivity index (χ3n) is 6.22. The number of nitrogens with zero attached hydrogens (tertiary/aromatic N) is 2. The van der Waals surface area contributed by atoms with E-state index in [9.17, 15) is 13.2 Å². The van der Waals surface area contributed by atoms with Crippen molar-refractivity contribution in [2.75, 3.05) is 19.4 Å². The van der Waals surface area contributed by atoms with Crippen LogP contribution in [0.4, 0.5) is 0 Å². The number of hydrogen-bond donors (Lipinski definition) is 1. The van der Waals surface area contributed by atoms with Crippen molar-refractivity contribution >= 4 is 26.6 Å². The average molecular weight is 476 g/mol. The van der Waals surface area contributed by atoms with Gasteiger partial charge in [-0.15, -0.1) is 0 Å². The van der Waals surface area contributed by atoms with Gasteiger partial charge < -0.3 is 9.64 Å². The van der Waals surface area contributed by atoms with Gasteiger partial charge in [0, 0.05) is 29.3 Å². The molecular formula is C26H25N3O4S. The number of H-pyrrole nitrogens is 1. The Morgan fingerprint density at radius 3 is 2.68 bits per heavy atom. The van der Waals surface area contributed by atoms with Crippen molar-refractivity contribution in [2.24, 2.45) is 0 Å². The Hall–Kier alpha value is -3.65. The SMILES string of the molecule is CCc1cc(S(C)(=O)=O)ccc1C(=O)N1CCOc2ccc(-c3ccc4cn[nH]c4c3)cc2C1. The first-order valence-electron chi connectivity index (χ1n) is 11.1. The van der Waals surface area contributed by atoms with Crippen molar-refractivity contribution in [1.29, 1.82) is 0 Å². The van der Waals surface area contributed by atoms with E-state index in [1.165, 1.54) is 12.3 Å². The zero-order valence-corrected chi connectivity index (χ0v) is 19.9. The van der Waals surface area contributed by atoms with Gasteiger partial charge in [-0.05, 0) is 59.5 Å². The Labute approximate surface area is 198 Å². The van der Waals surface area contributed by atoms with Crippen LogP contribution in [0, 0.1) is 0 Å². The molecule has 8 heteroatoms. The fraction of sp³-hybridized carbons (Fsp3) is 0.231. The number of carbonyl (C=O) groups is 1. The maximum atomic E-state index is 13.5. The molecule has 0 radical (unpaired) electrons. The molecule has 0 fully saturated rings. The number of sulfone groups is 1. The van der Waals surface area contributed by atoms with Crippen LogP contribution in [0.15, 0.2) is 65.7 Å². The molecule has 3 aromatic carbocycles. The van der Waals surface area contributed by atoms with E-state index in [-0.39, 0.29) is 10.8 Å². The van der Waals surface area contributed by atoms with Crippen molar-refractivity contribution in [3.05, 3.63) is 77.5 Å². The van der Waals surface area contributed by atoms with Crippen molar-refractivity contribution in [3.8, 4) is 16.9 Å². The number of aromatic nitrogens is 2. The zero-order chi connectivity index (χ0) is 23.9. The number of nitrogens with one attached hydrogen (secondary N) is 1. The summed E-state index contributed by atoms with van der Waals surface area (Å²) in [6.45, 7) is 3.16. The fourth-order valence-electron chi connectivity index (χ4n) is 4.34. The van der Waals surface area contributed by atoms with E-state index in [0.29, 0.717) is 31.7 Å². The first-order chi connectivity index (χ1) is 16.3. The first kappa shape index (κ1) is 22.2. The van der Waals surface area contributed by atoms with Crippen LogP contribution < -0.4 is 4.74 Å². The van der Waals surface area contributed by atoms with E-state index < -0.39 is 9.84 Å². The summed E-state index contributed by atoms with van der Waals surface area (Å²) in [5.41, 5.74) is 5.22. The second-order valence-electron chi connectivity index (χ2n) is 8.51. The first-order valence-corrected chi connectivity index (χ1v) is 13.0. The maximum absolute atomic E-state index is 13.5. The van der Waals surface area contributed by atoms with Gasteiger partial charge in [-0.25, -0.2) is 8.42 Å². The molecule has 0 spiro atoms. The van der Waals surface area contributed by atoms with Gasteiger partial charge in [0.2, 0.25) is 0 Å². The summed E-state index contributed by atoms with van der Waals surface area (Å²) in [6, 6.07) is 16.9. The standard InChI is InChI=1S/C26H25N3O4S/c1-3-17-13-22(34(2,31)32)7-8-23(17)26(30)29-10-11-33-25-9-6-18(12-21(25)16-29)19-4-5-20-15-27-28-24(20)14-19/h4-9,12-15H,3,10-11,16H2,1-2H3,(H,27,28). The molecule has 0 atom stereocenters. The highest BCUT2D eigenvalue weighted by atomic mass is 32.2. The molecule has 0 aliphatic carbocycles. The molecule has 1 N–H and O–H groups in total. The van der Waals surface area contributed by atoms with Gasteiger partial charge in [0.25, 0.3) is 5.91 Å². The van der Waals surface area contributed by atoms with Crippen molar-refractivity contribution in [2.45, 2.75) is 24.8 Å². The smallest absolute Gasteiger partial charge is 0.254 e. The Balaban J connectivity index is 1.46. The molecule has 174 valence electrons.